The standard InChI is InChI=1S/C28H46O10/c1-17(14-25(33)35-12-10-8-6-5-7-9-11-24(31)32)13-22-28(37-20(4)30)26(34)21(16-36-22)15-23-27(38-23)18(2)19(3)29/h14,18-19,21-23,26-29,34H,5-13,15-16H2,1-4H3,(H,31,32)/b17-14+/t18-,19-,21-,22-,23-,26+,27-,28-/m0/s1. The molecule has 0 aliphatic carbocycles. The SMILES string of the molecule is CC(=O)O[C@@H]1[C@H](O)[C@@H](C[C@@H]2O[C@H]2[C@@H](C)[C@H](C)O)CO[C@H]1C/C(C)=C/C(=O)OCCCCCCCCC(=O)O. The van der Waals surface area contributed by atoms with Crippen LogP contribution in [0.25, 0.3) is 0 Å². The second-order valence-corrected chi connectivity index (χ2v) is 10.8. The maximum Gasteiger partial charge on any atom is 0.330 e. The van der Waals surface area contributed by atoms with Crippen LogP contribution >= 0.6 is 0 Å². The van der Waals surface area contributed by atoms with E-state index in [0.29, 0.717) is 31.4 Å². The fraction of sp³-hybridized carbons (Fsp3) is 0.821. The molecule has 2 aliphatic heterocycles. The number of epoxide rings is 1. The fourth-order valence-electron chi connectivity index (χ4n) is 4.91. The molecule has 2 aliphatic rings. The first-order chi connectivity index (χ1) is 18.0. The van der Waals surface area contributed by atoms with E-state index in [0.717, 1.165) is 32.1 Å². The number of ether oxygens (including phenoxy) is 4. The molecule has 0 bridgehead atoms. The van der Waals surface area contributed by atoms with Gasteiger partial charge in [0.2, 0.25) is 0 Å². The highest BCUT2D eigenvalue weighted by Crippen LogP contribution is 2.39. The van der Waals surface area contributed by atoms with Gasteiger partial charge in [-0.2, -0.15) is 0 Å². The molecular formula is C28H46O10. The second kappa shape index (κ2) is 16.2. The maximum absolute atomic E-state index is 12.2. The Labute approximate surface area is 225 Å². The summed E-state index contributed by atoms with van der Waals surface area (Å²) in [6.07, 6.45) is 4.58. The summed E-state index contributed by atoms with van der Waals surface area (Å²) in [6.45, 7) is 7.29. The quantitative estimate of drug-likeness (QED) is 0.108. The number of unbranched alkanes of at least 4 members (excludes halogenated alkanes) is 5. The van der Waals surface area contributed by atoms with Gasteiger partial charge in [-0.3, -0.25) is 9.59 Å². The molecule has 10 heteroatoms. The zero-order valence-corrected chi connectivity index (χ0v) is 23.2. The van der Waals surface area contributed by atoms with E-state index in [2.05, 4.69) is 0 Å². The zero-order chi connectivity index (χ0) is 28.2. The van der Waals surface area contributed by atoms with Crippen molar-refractivity contribution < 1.29 is 48.7 Å². The molecule has 0 aromatic rings. The summed E-state index contributed by atoms with van der Waals surface area (Å²) in [5, 5.41) is 29.4. The minimum Gasteiger partial charge on any atom is -0.481 e. The van der Waals surface area contributed by atoms with E-state index in [1.807, 2.05) is 6.92 Å². The van der Waals surface area contributed by atoms with E-state index in [1.54, 1.807) is 13.8 Å². The molecule has 38 heavy (non-hydrogen) atoms. The number of aliphatic carboxylic acids is 1. The number of hydrogen-bond donors (Lipinski definition) is 3. The average molecular weight is 543 g/mol. The number of carbonyl (C=O) groups excluding carboxylic acids is 2. The molecular weight excluding hydrogens is 496 g/mol. The Morgan fingerprint density at radius 1 is 1.03 bits per heavy atom. The highest BCUT2D eigenvalue weighted by Gasteiger charge is 2.49. The molecule has 2 rings (SSSR count). The molecule has 0 amide bonds. The van der Waals surface area contributed by atoms with Gasteiger partial charge in [0.1, 0.15) is 6.10 Å². The number of aliphatic hydroxyl groups is 2. The van der Waals surface area contributed by atoms with Gasteiger partial charge in [-0.25, -0.2) is 4.79 Å². The van der Waals surface area contributed by atoms with Gasteiger partial charge in [-0.05, 0) is 39.5 Å². The van der Waals surface area contributed by atoms with Crippen LogP contribution in [0, 0.1) is 11.8 Å². The third kappa shape index (κ3) is 11.4. The molecule has 0 unspecified atom stereocenters. The first-order valence-electron chi connectivity index (χ1n) is 13.9. The third-order valence-electron chi connectivity index (χ3n) is 7.37. The van der Waals surface area contributed by atoms with Crippen molar-refractivity contribution in [1.29, 1.82) is 0 Å². The molecule has 0 spiro atoms. The highest BCUT2D eigenvalue weighted by atomic mass is 16.6. The maximum atomic E-state index is 12.2. The number of rotatable bonds is 17. The molecule has 0 aromatic heterocycles. The van der Waals surface area contributed by atoms with Crippen molar-refractivity contribution in [3.63, 3.8) is 0 Å². The van der Waals surface area contributed by atoms with Gasteiger partial charge in [0.15, 0.2) is 6.10 Å². The summed E-state index contributed by atoms with van der Waals surface area (Å²) < 4.78 is 22.4. The summed E-state index contributed by atoms with van der Waals surface area (Å²) in [6, 6.07) is 0. The smallest absolute Gasteiger partial charge is 0.330 e. The molecule has 2 heterocycles. The average Bonchev–Trinajstić information content (AvgIpc) is 3.60. The number of carboxylic acids is 1. The molecule has 0 aromatic carbocycles. The Kier molecular flexibility index (Phi) is 13.7. The van der Waals surface area contributed by atoms with Crippen LogP contribution in [0.4, 0.5) is 0 Å². The topological polar surface area (TPSA) is 152 Å². The van der Waals surface area contributed by atoms with E-state index < -0.39 is 42.3 Å². The summed E-state index contributed by atoms with van der Waals surface area (Å²) in [4.78, 5) is 34.4. The highest BCUT2D eigenvalue weighted by molar-refractivity contribution is 5.82. The van der Waals surface area contributed by atoms with Crippen LogP contribution in [-0.2, 0) is 33.3 Å². The first kappa shape index (κ1) is 32.2. The number of aliphatic hydroxyl groups excluding tert-OH is 2. The molecule has 2 saturated heterocycles. The summed E-state index contributed by atoms with van der Waals surface area (Å²) in [5.41, 5.74) is 0.692. The Balaban J connectivity index is 1.75. The lowest BCUT2D eigenvalue weighted by atomic mass is 9.85. The van der Waals surface area contributed by atoms with E-state index in [-0.39, 0.29) is 37.1 Å². The molecule has 218 valence electrons. The predicted octanol–water partition coefficient (Wildman–Crippen LogP) is 3.16. The fourth-order valence-corrected chi connectivity index (χ4v) is 4.91. The van der Waals surface area contributed by atoms with Crippen LogP contribution in [-0.4, -0.2) is 83.1 Å². The number of carbonyl (C=O) groups is 3. The summed E-state index contributed by atoms with van der Waals surface area (Å²) in [5.74, 6) is -2.03. The number of carboxylic acid groups (broad SMARTS) is 1. The van der Waals surface area contributed by atoms with Gasteiger partial charge in [0.05, 0.1) is 37.6 Å². The van der Waals surface area contributed by atoms with Gasteiger partial charge < -0.3 is 34.3 Å². The van der Waals surface area contributed by atoms with Crippen molar-refractivity contribution >= 4 is 17.9 Å². The van der Waals surface area contributed by atoms with Crippen molar-refractivity contribution in [3.05, 3.63) is 11.6 Å². The van der Waals surface area contributed by atoms with Gasteiger partial charge in [-0.15, -0.1) is 0 Å². The van der Waals surface area contributed by atoms with Crippen LogP contribution in [0.2, 0.25) is 0 Å². The Morgan fingerprint density at radius 3 is 2.32 bits per heavy atom. The van der Waals surface area contributed by atoms with Crippen LogP contribution < -0.4 is 0 Å². The lowest BCUT2D eigenvalue weighted by molar-refractivity contribution is -0.194. The Bertz CT molecular complexity index is 795. The van der Waals surface area contributed by atoms with Crippen LogP contribution in [0.3, 0.4) is 0 Å². The lowest BCUT2D eigenvalue weighted by Gasteiger charge is -2.39. The van der Waals surface area contributed by atoms with E-state index in [1.165, 1.54) is 13.0 Å². The van der Waals surface area contributed by atoms with E-state index in [4.69, 9.17) is 24.1 Å². The zero-order valence-electron chi connectivity index (χ0n) is 23.2. The molecule has 8 atom stereocenters. The van der Waals surface area contributed by atoms with E-state index in [9.17, 15) is 24.6 Å². The molecule has 3 N–H and O–H groups in total. The molecule has 0 radical (unpaired) electrons. The van der Waals surface area contributed by atoms with Crippen molar-refractivity contribution in [2.24, 2.45) is 11.8 Å². The lowest BCUT2D eigenvalue weighted by Crippen LogP contribution is -2.52. The number of esters is 2. The second-order valence-electron chi connectivity index (χ2n) is 10.8. The van der Waals surface area contributed by atoms with Crippen LogP contribution in [0.5, 0.6) is 0 Å². The van der Waals surface area contributed by atoms with Crippen LogP contribution in [0.1, 0.15) is 85.5 Å². The molecule has 0 saturated carbocycles. The van der Waals surface area contributed by atoms with Gasteiger partial charge in [0.25, 0.3) is 0 Å². The predicted molar refractivity (Wildman–Crippen MR) is 138 cm³/mol. The van der Waals surface area contributed by atoms with E-state index >= 15 is 0 Å². The van der Waals surface area contributed by atoms with Gasteiger partial charge in [0, 0.05) is 31.3 Å². The van der Waals surface area contributed by atoms with Gasteiger partial charge >= 0.3 is 17.9 Å². The Hall–Kier alpha value is -2.01. The van der Waals surface area contributed by atoms with Crippen molar-refractivity contribution in [1.82, 2.24) is 0 Å². The minimum absolute atomic E-state index is 0.0124. The first-order valence-corrected chi connectivity index (χ1v) is 13.9. The van der Waals surface area contributed by atoms with Crippen molar-refractivity contribution in [2.75, 3.05) is 13.2 Å². The number of hydrogen-bond acceptors (Lipinski definition) is 9. The third-order valence-corrected chi connectivity index (χ3v) is 7.37. The summed E-state index contributed by atoms with van der Waals surface area (Å²) in [7, 11) is 0. The largest absolute Gasteiger partial charge is 0.481 e. The monoisotopic (exact) mass is 542 g/mol. The minimum atomic E-state index is -0.937. The summed E-state index contributed by atoms with van der Waals surface area (Å²) >= 11 is 0. The van der Waals surface area contributed by atoms with Crippen LogP contribution in [0.15, 0.2) is 11.6 Å². The van der Waals surface area contributed by atoms with Crippen molar-refractivity contribution in [3.8, 4) is 0 Å². The normalized spacial score (nSPS) is 28.8. The molecule has 10 nitrogen and oxygen atoms in total. The van der Waals surface area contributed by atoms with Crippen molar-refractivity contribution in [2.45, 2.75) is 122 Å². The molecule has 2 fully saturated rings. The van der Waals surface area contributed by atoms with Gasteiger partial charge in [-0.1, -0.05) is 38.2 Å². The Morgan fingerprint density at radius 2 is 1.68 bits per heavy atom.